The van der Waals surface area contributed by atoms with E-state index in [1.54, 1.807) is 6.92 Å². The highest BCUT2D eigenvalue weighted by Crippen LogP contribution is 2.36. The van der Waals surface area contributed by atoms with E-state index in [1.165, 1.54) is 0 Å². The van der Waals surface area contributed by atoms with Gasteiger partial charge in [-0.15, -0.1) is 0 Å². The first-order valence-corrected chi connectivity index (χ1v) is 12.1. The van der Waals surface area contributed by atoms with Crippen LogP contribution in [-0.4, -0.2) is 87.8 Å². The Kier molecular flexibility index (Phi) is 7.49. The van der Waals surface area contributed by atoms with Crippen LogP contribution >= 0.6 is 0 Å². The van der Waals surface area contributed by atoms with E-state index in [0.717, 1.165) is 34.2 Å². The van der Waals surface area contributed by atoms with Gasteiger partial charge in [0.25, 0.3) is 11.1 Å². The summed E-state index contributed by atoms with van der Waals surface area (Å²) in [5.41, 5.74) is -1.45. The maximum absolute atomic E-state index is 14.1. The van der Waals surface area contributed by atoms with Gasteiger partial charge in [0.15, 0.2) is 47.7 Å². The van der Waals surface area contributed by atoms with E-state index in [-0.39, 0.29) is 22.1 Å². The van der Waals surface area contributed by atoms with Gasteiger partial charge in [-0.1, -0.05) is 6.92 Å². The molecule has 216 valence electrons. The Labute approximate surface area is 220 Å². The Morgan fingerprint density at radius 3 is 1.65 bits per heavy atom. The number of nitrogens with one attached hydrogen (secondary N) is 2. The van der Waals surface area contributed by atoms with Gasteiger partial charge < -0.3 is 34.8 Å². The summed E-state index contributed by atoms with van der Waals surface area (Å²) in [6, 6.07) is 0. The Morgan fingerprint density at radius 2 is 1.27 bits per heavy atom. The third-order valence-corrected chi connectivity index (χ3v) is 6.86. The first-order valence-electron chi connectivity index (χ1n) is 12.1. The molecule has 17 heteroatoms. The molecule has 0 saturated carbocycles. The molecule has 2 aliphatic rings. The fourth-order valence-corrected chi connectivity index (χ4v) is 4.83. The molecule has 0 spiro atoms. The molecule has 6 rings (SSSR count). The van der Waals surface area contributed by atoms with Crippen molar-refractivity contribution in [3.63, 3.8) is 0 Å². The molecular formula is C23H24F4N6O7. The zero-order chi connectivity index (χ0) is 28.9. The van der Waals surface area contributed by atoms with Gasteiger partial charge in [-0.25, -0.2) is 27.5 Å². The molecule has 2 fully saturated rings. The third kappa shape index (κ3) is 4.48. The third-order valence-electron chi connectivity index (χ3n) is 6.86. The molecule has 2 saturated heterocycles. The average Bonchev–Trinajstić information content (AvgIpc) is 3.63. The highest BCUT2D eigenvalue weighted by molar-refractivity contribution is 5.76. The van der Waals surface area contributed by atoms with Crippen LogP contribution in [-0.2, 0) is 9.47 Å². The first-order chi connectivity index (χ1) is 19.1. The minimum absolute atomic E-state index is 0.0112. The van der Waals surface area contributed by atoms with Crippen molar-refractivity contribution in [1.82, 2.24) is 29.1 Å². The van der Waals surface area contributed by atoms with E-state index in [4.69, 9.17) is 14.6 Å². The van der Waals surface area contributed by atoms with Gasteiger partial charge in [-0.05, 0) is 6.42 Å². The summed E-state index contributed by atoms with van der Waals surface area (Å²) in [6.45, 7) is 1.17. The summed E-state index contributed by atoms with van der Waals surface area (Å²) in [7, 11) is 0. The zero-order valence-electron chi connectivity index (χ0n) is 20.6. The summed E-state index contributed by atoms with van der Waals surface area (Å²) >= 11 is 0. The molecule has 40 heavy (non-hydrogen) atoms. The monoisotopic (exact) mass is 572 g/mol. The fraction of sp³-hybridized carbons (Fsp3) is 0.478. The smallest absolute Gasteiger partial charge is 0.263 e. The number of aliphatic hydroxyl groups excluding tert-OH is 3. The molecule has 4 aromatic rings. The van der Waals surface area contributed by atoms with Crippen LogP contribution in [0.25, 0.3) is 22.1 Å². The number of aromatic amines is 2. The Balaban J connectivity index is 0.000000161. The number of nitrogens with zero attached hydrogens (tertiary/aromatic N) is 4. The number of halogens is 4. The van der Waals surface area contributed by atoms with Gasteiger partial charge in [0.1, 0.15) is 29.1 Å². The van der Waals surface area contributed by atoms with Crippen molar-refractivity contribution < 1.29 is 42.4 Å². The largest absolute Gasteiger partial charge is 0.394 e. The molecular weight excluding hydrogens is 548 g/mol. The second-order valence-electron chi connectivity index (χ2n) is 9.22. The SMILES string of the molecule is CC[C@H]1O[C@@H](n2cc(F)c3c(=O)[nH]cnc32)[C@@H](F)C1O.O=c1[nH]cnc2c1c(F)cn2[C@@H]1O[C@H](CO)C(O)[C@@H]1F. The van der Waals surface area contributed by atoms with Gasteiger partial charge in [-0.2, -0.15) is 0 Å². The maximum Gasteiger partial charge on any atom is 0.263 e. The Bertz CT molecular complexity index is 1520. The summed E-state index contributed by atoms with van der Waals surface area (Å²) in [6.07, 6.45) is -6.30. The van der Waals surface area contributed by atoms with E-state index in [0.29, 0.717) is 6.42 Å². The molecule has 13 nitrogen and oxygen atoms in total. The summed E-state index contributed by atoms with van der Waals surface area (Å²) in [5.74, 6) is -1.67. The quantitative estimate of drug-likeness (QED) is 0.215. The lowest BCUT2D eigenvalue weighted by Crippen LogP contribution is -2.30. The average molecular weight is 572 g/mol. The molecule has 0 aromatic carbocycles. The fourth-order valence-electron chi connectivity index (χ4n) is 4.83. The predicted molar refractivity (Wildman–Crippen MR) is 128 cm³/mol. The van der Waals surface area contributed by atoms with Crippen LogP contribution in [0.5, 0.6) is 0 Å². The topological polar surface area (TPSA) is 181 Å². The van der Waals surface area contributed by atoms with E-state index < -0.39 is 78.6 Å². The molecule has 4 aromatic heterocycles. The second-order valence-corrected chi connectivity index (χ2v) is 9.22. The summed E-state index contributed by atoms with van der Waals surface area (Å²) in [5, 5.41) is 27.7. The molecule has 2 unspecified atom stereocenters. The van der Waals surface area contributed by atoms with E-state index >= 15 is 0 Å². The number of aliphatic hydroxyl groups is 3. The molecule has 0 amide bonds. The van der Waals surface area contributed by atoms with E-state index in [1.807, 2.05) is 0 Å². The van der Waals surface area contributed by atoms with Crippen molar-refractivity contribution in [2.45, 2.75) is 62.6 Å². The minimum Gasteiger partial charge on any atom is -0.394 e. The lowest BCUT2D eigenvalue weighted by molar-refractivity contribution is -0.0459. The van der Waals surface area contributed by atoms with Gasteiger partial charge in [-0.3, -0.25) is 18.7 Å². The number of fused-ring (bicyclic) bond motifs is 2. The Morgan fingerprint density at radius 1 is 0.850 bits per heavy atom. The van der Waals surface area contributed by atoms with Crippen molar-refractivity contribution in [1.29, 1.82) is 0 Å². The number of aromatic nitrogens is 6. The molecule has 5 N–H and O–H groups in total. The van der Waals surface area contributed by atoms with Crippen LogP contribution in [0.4, 0.5) is 17.6 Å². The molecule has 0 bridgehead atoms. The number of hydrogen-bond acceptors (Lipinski definition) is 9. The van der Waals surface area contributed by atoms with Crippen molar-refractivity contribution in [3.05, 3.63) is 57.4 Å². The number of alkyl halides is 2. The van der Waals surface area contributed by atoms with Crippen molar-refractivity contribution in [3.8, 4) is 0 Å². The number of rotatable bonds is 4. The van der Waals surface area contributed by atoms with Crippen molar-refractivity contribution in [2.75, 3.05) is 6.61 Å². The lowest BCUT2D eigenvalue weighted by Gasteiger charge is -2.15. The lowest BCUT2D eigenvalue weighted by atomic mass is 10.1. The van der Waals surface area contributed by atoms with Crippen LogP contribution in [0.15, 0.2) is 34.6 Å². The maximum atomic E-state index is 14.1. The zero-order valence-corrected chi connectivity index (χ0v) is 20.6. The highest BCUT2D eigenvalue weighted by Gasteiger charge is 2.46. The van der Waals surface area contributed by atoms with E-state index in [2.05, 4.69) is 19.9 Å². The molecule has 0 aliphatic carbocycles. The highest BCUT2D eigenvalue weighted by atomic mass is 19.1. The van der Waals surface area contributed by atoms with Gasteiger partial charge in [0.2, 0.25) is 0 Å². The number of hydrogen-bond donors (Lipinski definition) is 5. The predicted octanol–water partition coefficient (Wildman–Crippen LogP) is 0.322. The summed E-state index contributed by atoms with van der Waals surface area (Å²) < 4.78 is 68.3. The standard InChI is InChI=1S/C12H13F2N3O3.C11H11F2N3O4/c1-2-6-9(18)8(14)12(20-6)17-3-5(13)7-10(17)15-4-16-11(7)19;12-4-1-16(9-6(4)10(19)15-3-14-9)11-7(13)8(18)5(2-17)20-11/h3-4,6,8-9,12,18H,2H2,1H3,(H,15,16,19);1,3,5,7-8,11,17-18H,2H2,(H,14,15,19)/t6-,8+,9?,12-;5-,7+,8?,11-/m11/s1. The normalized spacial score (nSPS) is 30.2. The van der Waals surface area contributed by atoms with E-state index in [9.17, 15) is 37.4 Å². The second kappa shape index (κ2) is 10.7. The van der Waals surface area contributed by atoms with Crippen molar-refractivity contribution in [2.24, 2.45) is 0 Å². The van der Waals surface area contributed by atoms with Crippen LogP contribution in [0.1, 0.15) is 25.8 Å². The molecule has 2 aliphatic heterocycles. The Hall–Kier alpha value is -3.64. The van der Waals surface area contributed by atoms with Gasteiger partial charge in [0.05, 0.1) is 25.4 Å². The molecule has 6 heterocycles. The first kappa shape index (κ1) is 27.9. The van der Waals surface area contributed by atoms with Crippen molar-refractivity contribution >= 4 is 22.1 Å². The van der Waals surface area contributed by atoms with Crippen LogP contribution in [0.3, 0.4) is 0 Å². The van der Waals surface area contributed by atoms with Gasteiger partial charge in [0, 0.05) is 12.4 Å². The van der Waals surface area contributed by atoms with Crippen LogP contribution < -0.4 is 11.1 Å². The number of H-pyrrole nitrogens is 2. The minimum atomic E-state index is -1.87. The van der Waals surface area contributed by atoms with Crippen LogP contribution in [0.2, 0.25) is 0 Å². The molecule has 8 atom stereocenters. The molecule has 0 radical (unpaired) electrons. The van der Waals surface area contributed by atoms with Crippen LogP contribution in [0, 0.1) is 11.6 Å². The summed E-state index contributed by atoms with van der Waals surface area (Å²) in [4.78, 5) is 35.2. The van der Waals surface area contributed by atoms with Gasteiger partial charge >= 0.3 is 0 Å². The number of ether oxygens (including phenoxy) is 2.